The highest BCUT2D eigenvalue weighted by Crippen LogP contribution is 2.28. The molecule has 8 heteroatoms. The van der Waals surface area contributed by atoms with Gasteiger partial charge in [-0.25, -0.2) is 0 Å². The number of rotatable bonds is 6. The maximum absolute atomic E-state index is 13.3. The molecule has 0 atom stereocenters. The van der Waals surface area contributed by atoms with E-state index in [1.165, 1.54) is 25.2 Å². The van der Waals surface area contributed by atoms with Crippen molar-refractivity contribution in [2.24, 2.45) is 0 Å². The number of carbonyl (C=O) groups excluding carboxylic acids is 2. The SMILES string of the molecule is COc1cc(/C=C2\C(=O)NC(=S)N(c3ccc(Oc4ccccc4)cc3)C2=O)cc(OC)c1. The van der Waals surface area contributed by atoms with E-state index >= 15 is 0 Å². The smallest absolute Gasteiger partial charge is 0.270 e. The summed E-state index contributed by atoms with van der Waals surface area (Å²) in [4.78, 5) is 27.1. The molecule has 1 heterocycles. The number of benzene rings is 3. The minimum atomic E-state index is -0.577. The van der Waals surface area contributed by atoms with Gasteiger partial charge in [0.05, 0.1) is 19.9 Å². The van der Waals surface area contributed by atoms with E-state index in [0.717, 1.165) is 0 Å². The van der Waals surface area contributed by atoms with Crippen molar-refractivity contribution < 1.29 is 23.8 Å². The lowest BCUT2D eigenvalue weighted by Gasteiger charge is -2.29. The van der Waals surface area contributed by atoms with Crippen LogP contribution in [0, 0.1) is 0 Å². The highest BCUT2D eigenvalue weighted by atomic mass is 32.1. The Hall–Kier alpha value is -4.17. The van der Waals surface area contributed by atoms with Gasteiger partial charge in [-0.15, -0.1) is 0 Å². The second kappa shape index (κ2) is 9.54. The maximum Gasteiger partial charge on any atom is 0.270 e. The monoisotopic (exact) mass is 460 g/mol. The number of nitrogens with zero attached hydrogens (tertiary/aromatic N) is 1. The number of nitrogens with one attached hydrogen (secondary N) is 1. The van der Waals surface area contributed by atoms with E-state index < -0.39 is 11.8 Å². The van der Waals surface area contributed by atoms with Gasteiger partial charge in [0.2, 0.25) is 0 Å². The molecule has 3 aromatic rings. The van der Waals surface area contributed by atoms with Crippen LogP contribution >= 0.6 is 12.2 Å². The van der Waals surface area contributed by atoms with Crippen molar-refractivity contribution in [3.05, 3.63) is 83.9 Å². The summed E-state index contributed by atoms with van der Waals surface area (Å²) < 4.78 is 16.3. The van der Waals surface area contributed by atoms with E-state index in [-0.39, 0.29) is 10.7 Å². The van der Waals surface area contributed by atoms with Crippen LogP contribution in [0.4, 0.5) is 5.69 Å². The van der Waals surface area contributed by atoms with Gasteiger partial charge < -0.3 is 14.2 Å². The standard InChI is InChI=1S/C25H20N2O5S/c1-30-20-12-16(13-21(15-20)31-2)14-22-23(28)26-25(33)27(24(22)29)17-8-10-19(11-9-17)32-18-6-4-3-5-7-18/h3-15H,1-2H3,(H,26,28,33)/b22-14+. The van der Waals surface area contributed by atoms with Crippen molar-refractivity contribution in [2.45, 2.75) is 0 Å². The van der Waals surface area contributed by atoms with Gasteiger partial charge in [0.15, 0.2) is 5.11 Å². The lowest BCUT2D eigenvalue weighted by atomic mass is 10.1. The third kappa shape index (κ3) is 4.86. The molecule has 1 saturated heterocycles. The molecule has 3 aromatic carbocycles. The molecule has 33 heavy (non-hydrogen) atoms. The molecule has 1 aliphatic heterocycles. The third-order valence-corrected chi connectivity index (χ3v) is 5.14. The minimum Gasteiger partial charge on any atom is -0.497 e. The molecule has 0 radical (unpaired) electrons. The Balaban J connectivity index is 1.62. The van der Waals surface area contributed by atoms with E-state index in [9.17, 15) is 9.59 Å². The van der Waals surface area contributed by atoms with Crippen molar-refractivity contribution in [3.63, 3.8) is 0 Å². The molecular formula is C25H20N2O5S. The van der Waals surface area contributed by atoms with E-state index in [0.29, 0.717) is 34.2 Å². The van der Waals surface area contributed by atoms with Gasteiger partial charge in [-0.05, 0) is 72.4 Å². The highest BCUT2D eigenvalue weighted by molar-refractivity contribution is 7.80. The van der Waals surface area contributed by atoms with Crippen LogP contribution in [0.5, 0.6) is 23.0 Å². The van der Waals surface area contributed by atoms with Gasteiger partial charge in [0, 0.05) is 6.07 Å². The predicted molar refractivity (Wildman–Crippen MR) is 129 cm³/mol. The second-order valence-electron chi connectivity index (χ2n) is 7.01. The Morgan fingerprint density at radius 2 is 1.42 bits per heavy atom. The van der Waals surface area contributed by atoms with Crippen LogP contribution in [0.2, 0.25) is 0 Å². The maximum atomic E-state index is 13.3. The second-order valence-corrected chi connectivity index (χ2v) is 7.40. The Labute approximate surface area is 196 Å². The van der Waals surface area contributed by atoms with Gasteiger partial charge in [0.1, 0.15) is 28.6 Å². The molecular weight excluding hydrogens is 440 g/mol. The van der Waals surface area contributed by atoms with Gasteiger partial charge in [-0.1, -0.05) is 18.2 Å². The molecule has 4 rings (SSSR count). The van der Waals surface area contributed by atoms with Crippen LogP contribution in [-0.2, 0) is 9.59 Å². The Morgan fingerprint density at radius 1 is 0.818 bits per heavy atom. The molecule has 1 N–H and O–H groups in total. The molecule has 0 aliphatic carbocycles. The fourth-order valence-corrected chi connectivity index (χ4v) is 3.54. The third-order valence-electron chi connectivity index (χ3n) is 4.86. The zero-order chi connectivity index (χ0) is 23.4. The topological polar surface area (TPSA) is 77.1 Å². The number of carbonyl (C=O) groups is 2. The zero-order valence-corrected chi connectivity index (χ0v) is 18.7. The minimum absolute atomic E-state index is 0.00194. The normalized spacial score (nSPS) is 14.8. The fraction of sp³-hybridized carbons (Fsp3) is 0.0800. The van der Waals surface area contributed by atoms with Crippen LogP contribution < -0.4 is 24.4 Å². The number of amides is 2. The first kappa shape index (κ1) is 22.0. The quantitative estimate of drug-likeness (QED) is 0.335. The molecule has 7 nitrogen and oxygen atoms in total. The zero-order valence-electron chi connectivity index (χ0n) is 17.9. The number of para-hydroxylation sites is 1. The van der Waals surface area contributed by atoms with E-state index in [1.54, 1.807) is 42.5 Å². The molecule has 166 valence electrons. The Bertz CT molecular complexity index is 1220. The summed E-state index contributed by atoms with van der Waals surface area (Å²) in [5.41, 5.74) is 1.01. The predicted octanol–water partition coefficient (Wildman–Crippen LogP) is 4.33. The molecule has 1 aliphatic rings. The molecule has 0 aromatic heterocycles. The first-order valence-electron chi connectivity index (χ1n) is 9.96. The van der Waals surface area contributed by atoms with E-state index in [1.807, 2.05) is 30.3 Å². The molecule has 1 fully saturated rings. The largest absolute Gasteiger partial charge is 0.497 e. The van der Waals surface area contributed by atoms with Crippen LogP contribution in [0.25, 0.3) is 6.08 Å². The van der Waals surface area contributed by atoms with Crippen molar-refractivity contribution in [2.75, 3.05) is 19.1 Å². The number of methoxy groups -OCH3 is 2. The Morgan fingerprint density at radius 3 is 2.03 bits per heavy atom. The number of anilines is 1. The van der Waals surface area contributed by atoms with Crippen LogP contribution in [0.3, 0.4) is 0 Å². The van der Waals surface area contributed by atoms with Crippen LogP contribution in [0.15, 0.2) is 78.4 Å². The van der Waals surface area contributed by atoms with E-state index in [2.05, 4.69) is 5.32 Å². The van der Waals surface area contributed by atoms with Gasteiger partial charge in [-0.2, -0.15) is 0 Å². The Kier molecular flexibility index (Phi) is 6.37. The van der Waals surface area contributed by atoms with Crippen LogP contribution in [0.1, 0.15) is 5.56 Å². The number of hydrogen-bond acceptors (Lipinski definition) is 6. The summed E-state index contributed by atoms with van der Waals surface area (Å²) in [6, 6.07) is 21.3. The molecule has 2 amide bonds. The number of ether oxygens (including phenoxy) is 3. The van der Waals surface area contributed by atoms with E-state index in [4.69, 9.17) is 26.4 Å². The van der Waals surface area contributed by atoms with Gasteiger partial charge >= 0.3 is 0 Å². The van der Waals surface area contributed by atoms with Crippen molar-refractivity contribution >= 4 is 40.9 Å². The first-order valence-corrected chi connectivity index (χ1v) is 10.4. The molecule has 0 spiro atoms. The van der Waals surface area contributed by atoms with Crippen molar-refractivity contribution in [1.29, 1.82) is 0 Å². The summed E-state index contributed by atoms with van der Waals surface area (Å²) in [6.45, 7) is 0. The summed E-state index contributed by atoms with van der Waals surface area (Å²) in [5.74, 6) is 1.25. The lowest BCUT2D eigenvalue weighted by Crippen LogP contribution is -2.54. The first-order chi connectivity index (χ1) is 16.0. The average molecular weight is 461 g/mol. The summed E-state index contributed by atoms with van der Waals surface area (Å²) in [6.07, 6.45) is 1.48. The summed E-state index contributed by atoms with van der Waals surface area (Å²) in [5, 5.41) is 2.58. The molecule has 0 saturated carbocycles. The summed E-state index contributed by atoms with van der Waals surface area (Å²) in [7, 11) is 3.05. The summed E-state index contributed by atoms with van der Waals surface area (Å²) >= 11 is 5.27. The molecule has 0 unspecified atom stereocenters. The highest BCUT2D eigenvalue weighted by Gasteiger charge is 2.34. The number of thiocarbonyl (C=S) groups is 1. The van der Waals surface area contributed by atoms with Gasteiger partial charge in [0.25, 0.3) is 11.8 Å². The average Bonchev–Trinajstić information content (AvgIpc) is 2.83. The molecule has 0 bridgehead atoms. The number of hydrogen-bond donors (Lipinski definition) is 1. The van der Waals surface area contributed by atoms with Gasteiger partial charge in [-0.3, -0.25) is 19.8 Å². The van der Waals surface area contributed by atoms with Crippen molar-refractivity contribution in [3.8, 4) is 23.0 Å². The van der Waals surface area contributed by atoms with Crippen LogP contribution in [-0.4, -0.2) is 31.1 Å². The lowest BCUT2D eigenvalue weighted by molar-refractivity contribution is -0.122. The van der Waals surface area contributed by atoms with Crippen molar-refractivity contribution in [1.82, 2.24) is 5.32 Å². The fourth-order valence-electron chi connectivity index (χ4n) is 3.26.